The maximum atomic E-state index is 13.7. The van der Waals surface area contributed by atoms with Crippen LogP contribution in [0.5, 0.6) is 0 Å². The highest BCUT2D eigenvalue weighted by atomic mass is 32.2. The van der Waals surface area contributed by atoms with Gasteiger partial charge in [0.05, 0.1) is 5.69 Å². The van der Waals surface area contributed by atoms with E-state index in [2.05, 4.69) is 9.71 Å². The van der Waals surface area contributed by atoms with E-state index in [0.29, 0.717) is 6.07 Å². The highest BCUT2D eigenvalue weighted by Gasteiger charge is 2.22. The van der Waals surface area contributed by atoms with Gasteiger partial charge in [-0.2, -0.15) is 0 Å². The van der Waals surface area contributed by atoms with Crippen molar-refractivity contribution >= 4 is 26.5 Å². The van der Waals surface area contributed by atoms with E-state index in [1.165, 1.54) is 11.3 Å². The molecule has 0 unspecified atom stereocenters. The minimum absolute atomic E-state index is 0.232. The maximum Gasteiger partial charge on any atom is 0.266 e. The van der Waals surface area contributed by atoms with Crippen molar-refractivity contribution in [3.05, 3.63) is 40.4 Å². The van der Waals surface area contributed by atoms with Gasteiger partial charge in [0, 0.05) is 10.9 Å². The predicted molar refractivity (Wildman–Crippen MR) is 80.5 cm³/mol. The number of hydrogen-bond acceptors (Lipinski definition) is 4. The summed E-state index contributed by atoms with van der Waals surface area (Å²) in [5, 5.41) is 0.232. The molecule has 118 valence electrons. The monoisotopic (exact) mass is 344 g/mol. The second kappa shape index (κ2) is 5.92. The second-order valence-corrected chi connectivity index (χ2v) is 7.86. The zero-order valence-corrected chi connectivity index (χ0v) is 13.2. The number of aryl methyl sites for hydroxylation is 2. The van der Waals surface area contributed by atoms with Crippen LogP contribution >= 0.6 is 11.3 Å². The number of hydrogen-bond donors (Lipinski definition) is 1. The van der Waals surface area contributed by atoms with Crippen molar-refractivity contribution in [1.82, 2.24) is 4.98 Å². The molecule has 1 aliphatic carbocycles. The van der Waals surface area contributed by atoms with Crippen LogP contribution in [0.15, 0.2) is 23.1 Å². The first kappa shape index (κ1) is 15.4. The summed E-state index contributed by atoms with van der Waals surface area (Å²) in [6.07, 6.45) is 4.96. The number of nitrogens with one attached hydrogen (secondary N) is 1. The maximum absolute atomic E-state index is 13.7. The number of benzene rings is 1. The standard InChI is InChI=1S/C14H14F2N2O2S2/c15-9-6-7-13(10(16)8-9)22(19,20)18-14-17-11-4-2-1-3-5-12(11)21-14/h6-8H,1-5H2,(H,17,18). The molecule has 4 nitrogen and oxygen atoms in total. The molecule has 1 heterocycles. The summed E-state index contributed by atoms with van der Waals surface area (Å²) in [4.78, 5) is 4.79. The number of thiazole rings is 1. The van der Waals surface area contributed by atoms with E-state index >= 15 is 0 Å². The lowest BCUT2D eigenvalue weighted by atomic mass is 10.2. The molecule has 1 aromatic heterocycles. The Morgan fingerprint density at radius 2 is 1.91 bits per heavy atom. The van der Waals surface area contributed by atoms with E-state index < -0.39 is 26.6 Å². The molecule has 3 rings (SSSR count). The van der Waals surface area contributed by atoms with E-state index in [9.17, 15) is 17.2 Å². The Morgan fingerprint density at radius 1 is 1.14 bits per heavy atom. The Morgan fingerprint density at radius 3 is 2.68 bits per heavy atom. The van der Waals surface area contributed by atoms with Crippen molar-refractivity contribution in [3.63, 3.8) is 0 Å². The van der Waals surface area contributed by atoms with Gasteiger partial charge in [0.2, 0.25) is 0 Å². The van der Waals surface area contributed by atoms with E-state index in [1.54, 1.807) is 0 Å². The molecule has 0 saturated heterocycles. The van der Waals surface area contributed by atoms with Crippen LogP contribution in [0.25, 0.3) is 0 Å². The number of sulfonamides is 1. The molecule has 0 amide bonds. The lowest BCUT2D eigenvalue weighted by Crippen LogP contribution is -2.14. The third-order valence-corrected chi connectivity index (χ3v) is 6.08. The predicted octanol–water partition coefficient (Wildman–Crippen LogP) is 3.49. The summed E-state index contributed by atoms with van der Waals surface area (Å²) >= 11 is 1.28. The van der Waals surface area contributed by atoms with Crippen LogP contribution in [0.1, 0.15) is 29.8 Å². The van der Waals surface area contributed by atoms with E-state index in [0.717, 1.165) is 54.8 Å². The van der Waals surface area contributed by atoms with E-state index in [4.69, 9.17) is 0 Å². The molecule has 0 radical (unpaired) electrons. The Bertz CT molecular complexity index is 780. The van der Waals surface area contributed by atoms with Gasteiger partial charge >= 0.3 is 0 Å². The van der Waals surface area contributed by atoms with Gasteiger partial charge < -0.3 is 0 Å². The Hall–Kier alpha value is -1.54. The SMILES string of the molecule is O=S(=O)(Nc1nc2c(s1)CCCCC2)c1ccc(F)cc1F. The topological polar surface area (TPSA) is 59.1 Å². The van der Waals surface area contributed by atoms with Gasteiger partial charge in [-0.15, -0.1) is 11.3 Å². The van der Waals surface area contributed by atoms with Gasteiger partial charge in [-0.1, -0.05) is 6.42 Å². The first-order chi connectivity index (χ1) is 10.5. The summed E-state index contributed by atoms with van der Waals surface area (Å²) in [7, 11) is -4.11. The normalized spacial score (nSPS) is 15.2. The molecule has 22 heavy (non-hydrogen) atoms. The van der Waals surface area contributed by atoms with Gasteiger partial charge in [-0.25, -0.2) is 22.2 Å². The van der Waals surface area contributed by atoms with Crippen LogP contribution in [-0.2, 0) is 22.9 Å². The molecule has 1 N–H and O–H groups in total. The van der Waals surface area contributed by atoms with Gasteiger partial charge in [0.25, 0.3) is 10.0 Å². The Balaban J connectivity index is 1.88. The average Bonchev–Trinajstić information content (AvgIpc) is 2.66. The third kappa shape index (κ3) is 3.12. The number of nitrogens with zero attached hydrogens (tertiary/aromatic N) is 1. The minimum atomic E-state index is -4.11. The van der Waals surface area contributed by atoms with Crippen molar-refractivity contribution in [1.29, 1.82) is 0 Å². The second-order valence-electron chi connectivity index (χ2n) is 5.13. The van der Waals surface area contributed by atoms with Gasteiger partial charge in [0.1, 0.15) is 16.5 Å². The summed E-state index contributed by atoms with van der Waals surface area (Å²) in [5.74, 6) is -1.94. The number of rotatable bonds is 3. The van der Waals surface area contributed by atoms with Crippen LogP contribution in [0.2, 0.25) is 0 Å². The van der Waals surface area contributed by atoms with Crippen molar-refractivity contribution in [3.8, 4) is 0 Å². The summed E-state index contributed by atoms with van der Waals surface area (Å²) in [6.45, 7) is 0. The highest BCUT2D eigenvalue weighted by molar-refractivity contribution is 7.93. The fourth-order valence-electron chi connectivity index (χ4n) is 2.44. The van der Waals surface area contributed by atoms with Crippen LogP contribution < -0.4 is 4.72 Å². The Labute approximate surface area is 131 Å². The third-order valence-electron chi connectivity index (χ3n) is 3.50. The van der Waals surface area contributed by atoms with Crippen molar-refractivity contribution in [2.24, 2.45) is 0 Å². The number of anilines is 1. The number of fused-ring (bicyclic) bond motifs is 1. The van der Waals surface area contributed by atoms with Crippen LogP contribution in [-0.4, -0.2) is 13.4 Å². The van der Waals surface area contributed by atoms with Gasteiger partial charge in [0.15, 0.2) is 5.13 Å². The smallest absolute Gasteiger partial charge is 0.255 e. The number of aromatic nitrogens is 1. The minimum Gasteiger partial charge on any atom is -0.255 e. The quantitative estimate of drug-likeness (QED) is 0.867. The fourth-order valence-corrected chi connectivity index (χ4v) is 4.78. The zero-order valence-electron chi connectivity index (χ0n) is 11.6. The van der Waals surface area contributed by atoms with Crippen molar-refractivity contribution < 1.29 is 17.2 Å². The summed E-state index contributed by atoms with van der Waals surface area (Å²) in [6, 6.07) is 2.37. The first-order valence-corrected chi connectivity index (χ1v) is 9.22. The van der Waals surface area contributed by atoms with Crippen LogP contribution in [0, 0.1) is 11.6 Å². The lowest BCUT2D eigenvalue weighted by molar-refractivity contribution is 0.551. The molecule has 1 aliphatic rings. The first-order valence-electron chi connectivity index (χ1n) is 6.92. The van der Waals surface area contributed by atoms with E-state index in [-0.39, 0.29) is 5.13 Å². The van der Waals surface area contributed by atoms with Crippen LogP contribution in [0.3, 0.4) is 0 Å². The van der Waals surface area contributed by atoms with Gasteiger partial charge in [-0.05, 0) is 37.8 Å². The molecule has 0 spiro atoms. The molecule has 2 aromatic rings. The molecular formula is C14H14F2N2O2S2. The zero-order chi connectivity index (χ0) is 15.7. The van der Waals surface area contributed by atoms with Gasteiger partial charge in [-0.3, -0.25) is 4.72 Å². The van der Waals surface area contributed by atoms with Crippen LogP contribution in [0.4, 0.5) is 13.9 Å². The highest BCUT2D eigenvalue weighted by Crippen LogP contribution is 2.30. The van der Waals surface area contributed by atoms with E-state index in [1.807, 2.05) is 0 Å². The average molecular weight is 344 g/mol. The molecule has 0 saturated carbocycles. The van der Waals surface area contributed by atoms with Crippen molar-refractivity contribution in [2.45, 2.75) is 37.0 Å². The molecule has 0 aliphatic heterocycles. The number of halogens is 2. The molecule has 1 aromatic carbocycles. The molecule has 0 bridgehead atoms. The Kier molecular flexibility index (Phi) is 4.14. The molecule has 0 atom stereocenters. The van der Waals surface area contributed by atoms with Crippen molar-refractivity contribution in [2.75, 3.05) is 4.72 Å². The molecule has 8 heteroatoms. The summed E-state index contributed by atoms with van der Waals surface area (Å²) in [5.41, 5.74) is 0.916. The lowest BCUT2D eigenvalue weighted by Gasteiger charge is -2.06. The molecule has 0 fully saturated rings. The molecular weight excluding hydrogens is 330 g/mol. The largest absolute Gasteiger partial charge is 0.266 e. The summed E-state index contributed by atoms with van der Waals surface area (Å²) < 4.78 is 53.2. The fraction of sp³-hybridized carbons (Fsp3) is 0.357.